The van der Waals surface area contributed by atoms with Crippen molar-refractivity contribution in [1.29, 1.82) is 0 Å². The standard InChI is InChI=1S/C19H20O6/c1-3-24-16(21)19-11-7-6-8-12(23-2)14(11)15(20)18(25-17(19)22)10-5-4-9-13(18)19/h6-8,13H,3-5,9-10H2,1-2H3/t13-,18+,19+/m0/s1. The summed E-state index contributed by atoms with van der Waals surface area (Å²) in [6.07, 6.45) is 2.63. The molecule has 3 aliphatic rings. The highest BCUT2D eigenvalue weighted by atomic mass is 16.6. The van der Waals surface area contributed by atoms with Gasteiger partial charge < -0.3 is 14.2 Å². The predicted octanol–water partition coefficient (Wildman–Crippen LogP) is 2.18. The molecule has 25 heavy (non-hydrogen) atoms. The first-order valence-corrected chi connectivity index (χ1v) is 8.67. The zero-order valence-corrected chi connectivity index (χ0v) is 14.3. The number of fused-ring (bicyclic) bond motifs is 2. The minimum absolute atomic E-state index is 0.154. The van der Waals surface area contributed by atoms with Crippen LogP contribution < -0.4 is 4.74 Å². The predicted molar refractivity (Wildman–Crippen MR) is 86.4 cm³/mol. The number of Topliss-reactive ketones (excluding diaryl/α,β-unsaturated/α-hetero) is 1. The van der Waals surface area contributed by atoms with Crippen LogP contribution in [-0.2, 0) is 24.5 Å². The van der Waals surface area contributed by atoms with E-state index in [1.165, 1.54) is 7.11 Å². The first-order chi connectivity index (χ1) is 12.0. The van der Waals surface area contributed by atoms with Crippen LogP contribution in [0.25, 0.3) is 0 Å². The normalized spacial score (nSPS) is 32.5. The fraction of sp³-hybridized carbons (Fsp3) is 0.526. The first kappa shape index (κ1) is 16.1. The van der Waals surface area contributed by atoms with Crippen LogP contribution in [0.15, 0.2) is 18.2 Å². The number of methoxy groups -OCH3 is 1. The Morgan fingerprint density at radius 3 is 2.84 bits per heavy atom. The average Bonchev–Trinajstić information content (AvgIpc) is 2.86. The minimum atomic E-state index is -1.58. The van der Waals surface area contributed by atoms with E-state index < -0.39 is 28.9 Å². The lowest BCUT2D eigenvalue weighted by Crippen LogP contribution is -2.58. The highest BCUT2D eigenvalue weighted by Gasteiger charge is 2.76. The molecule has 6 nitrogen and oxygen atoms in total. The molecular formula is C19H20O6. The minimum Gasteiger partial charge on any atom is -0.496 e. The lowest BCUT2D eigenvalue weighted by Gasteiger charge is -2.44. The number of hydrogen-bond acceptors (Lipinski definition) is 6. The highest BCUT2D eigenvalue weighted by Crippen LogP contribution is 2.61. The molecule has 2 bridgehead atoms. The van der Waals surface area contributed by atoms with Crippen molar-refractivity contribution in [2.75, 3.05) is 13.7 Å². The van der Waals surface area contributed by atoms with Crippen LogP contribution in [0.2, 0.25) is 0 Å². The van der Waals surface area contributed by atoms with Gasteiger partial charge in [-0.1, -0.05) is 18.6 Å². The zero-order valence-electron chi connectivity index (χ0n) is 14.3. The number of carbonyl (C=O) groups excluding carboxylic acids is 3. The van der Waals surface area contributed by atoms with Gasteiger partial charge in [0.15, 0.2) is 11.0 Å². The van der Waals surface area contributed by atoms with Crippen LogP contribution in [0.3, 0.4) is 0 Å². The van der Waals surface area contributed by atoms with Crippen molar-refractivity contribution in [2.45, 2.75) is 43.6 Å². The van der Waals surface area contributed by atoms with Crippen molar-refractivity contribution >= 4 is 17.7 Å². The summed E-state index contributed by atoms with van der Waals surface area (Å²) in [5.74, 6) is -1.71. The third kappa shape index (κ3) is 1.72. The molecule has 0 spiro atoms. The molecule has 1 saturated heterocycles. The number of ether oxygens (including phenoxy) is 3. The van der Waals surface area contributed by atoms with Crippen LogP contribution in [0.4, 0.5) is 0 Å². The van der Waals surface area contributed by atoms with E-state index in [2.05, 4.69) is 0 Å². The van der Waals surface area contributed by atoms with Crippen LogP contribution in [0.5, 0.6) is 5.75 Å². The number of carbonyl (C=O) groups is 3. The fourth-order valence-corrected chi connectivity index (χ4v) is 4.89. The lowest BCUT2D eigenvalue weighted by atomic mass is 9.54. The van der Waals surface area contributed by atoms with Crippen LogP contribution in [0, 0.1) is 5.92 Å². The van der Waals surface area contributed by atoms with Gasteiger partial charge in [0.2, 0.25) is 5.78 Å². The first-order valence-electron chi connectivity index (χ1n) is 8.67. The Bertz CT molecular complexity index is 784. The molecule has 0 N–H and O–H groups in total. The summed E-state index contributed by atoms with van der Waals surface area (Å²) in [6.45, 7) is 1.85. The Kier molecular flexibility index (Phi) is 3.42. The summed E-state index contributed by atoms with van der Waals surface area (Å²) in [5, 5.41) is 0. The molecule has 1 aliphatic heterocycles. The van der Waals surface area contributed by atoms with Gasteiger partial charge in [0.25, 0.3) is 0 Å². The third-order valence-corrected chi connectivity index (χ3v) is 5.85. The number of rotatable bonds is 3. The second-order valence-electron chi connectivity index (χ2n) is 6.82. The van der Waals surface area contributed by atoms with Gasteiger partial charge in [-0.2, -0.15) is 0 Å². The monoisotopic (exact) mass is 344 g/mol. The van der Waals surface area contributed by atoms with E-state index in [0.29, 0.717) is 24.2 Å². The SMILES string of the molecule is CCOC(=O)[C@]12C(=O)O[C@@]3(CCCC[C@H]13)C(=O)c1c(OC)cccc12. The van der Waals surface area contributed by atoms with Crippen molar-refractivity contribution < 1.29 is 28.6 Å². The van der Waals surface area contributed by atoms with E-state index in [9.17, 15) is 14.4 Å². The van der Waals surface area contributed by atoms with Gasteiger partial charge in [0.1, 0.15) is 5.75 Å². The van der Waals surface area contributed by atoms with Gasteiger partial charge >= 0.3 is 11.9 Å². The molecule has 3 atom stereocenters. The van der Waals surface area contributed by atoms with Crippen molar-refractivity contribution in [3.8, 4) is 5.75 Å². The number of ketones is 1. The molecule has 4 rings (SSSR count). The molecule has 132 valence electrons. The summed E-state index contributed by atoms with van der Waals surface area (Å²) in [6, 6.07) is 5.00. The van der Waals surface area contributed by atoms with Gasteiger partial charge in [0.05, 0.1) is 19.3 Å². The van der Waals surface area contributed by atoms with Gasteiger partial charge in [-0.3, -0.25) is 14.4 Å². The Balaban J connectivity index is 2.07. The van der Waals surface area contributed by atoms with E-state index in [-0.39, 0.29) is 18.0 Å². The molecule has 1 aromatic carbocycles. The molecular weight excluding hydrogens is 324 g/mol. The van der Waals surface area contributed by atoms with Gasteiger partial charge in [-0.25, -0.2) is 0 Å². The van der Waals surface area contributed by atoms with Gasteiger partial charge in [0, 0.05) is 5.92 Å². The van der Waals surface area contributed by atoms with E-state index in [1.54, 1.807) is 25.1 Å². The second-order valence-corrected chi connectivity index (χ2v) is 6.82. The molecule has 1 aromatic rings. The Labute approximate surface area is 145 Å². The smallest absolute Gasteiger partial charge is 0.329 e. The van der Waals surface area contributed by atoms with Crippen LogP contribution >= 0.6 is 0 Å². The van der Waals surface area contributed by atoms with Crippen LogP contribution in [-0.4, -0.2) is 37.0 Å². The molecule has 0 radical (unpaired) electrons. The van der Waals surface area contributed by atoms with Crippen molar-refractivity contribution in [2.24, 2.45) is 5.92 Å². The topological polar surface area (TPSA) is 78.9 Å². The number of benzene rings is 1. The largest absolute Gasteiger partial charge is 0.496 e. The maximum absolute atomic E-state index is 13.4. The third-order valence-electron chi connectivity index (χ3n) is 5.85. The van der Waals surface area contributed by atoms with Crippen molar-refractivity contribution in [1.82, 2.24) is 0 Å². The van der Waals surface area contributed by atoms with Gasteiger partial charge in [-0.15, -0.1) is 0 Å². The fourth-order valence-electron chi connectivity index (χ4n) is 4.89. The molecule has 1 heterocycles. The summed E-state index contributed by atoms with van der Waals surface area (Å²) in [4.78, 5) is 39.4. The summed E-state index contributed by atoms with van der Waals surface area (Å²) in [7, 11) is 1.47. The van der Waals surface area contributed by atoms with Crippen molar-refractivity contribution in [3.05, 3.63) is 29.3 Å². The van der Waals surface area contributed by atoms with E-state index in [4.69, 9.17) is 14.2 Å². The van der Waals surface area contributed by atoms with Crippen LogP contribution in [0.1, 0.15) is 48.5 Å². The molecule has 0 aromatic heterocycles. The molecule has 1 saturated carbocycles. The summed E-state index contributed by atoms with van der Waals surface area (Å²) < 4.78 is 16.4. The van der Waals surface area contributed by atoms with Crippen molar-refractivity contribution in [3.63, 3.8) is 0 Å². The average molecular weight is 344 g/mol. The summed E-state index contributed by atoms with van der Waals surface area (Å²) >= 11 is 0. The Hall–Kier alpha value is -2.37. The maximum Gasteiger partial charge on any atom is 0.329 e. The summed E-state index contributed by atoms with van der Waals surface area (Å²) in [5.41, 5.74) is -2.21. The second kappa shape index (κ2) is 5.31. The van der Waals surface area contributed by atoms with E-state index in [0.717, 1.165) is 12.8 Å². The molecule has 2 aliphatic carbocycles. The Morgan fingerprint density at radius 1 is 1.32 bits per heavy atom. The molecule has 0 amide bonds. The van der Waals surface area contributed by atoms with E-state index >= 15 is 0 Å². The lowest BCUT2D eigenvalue weighted by molar-refractivity contribution is -0.160. The highest BCUT2D eigenvalue weighted by molar-refractivity contribution is 6.20. The number of hydrogen-bond donors (Lipinski definition) is 0. The zero-order chi connectivity index (χ0) is 17.8. The number of esters is 2. The van der Waals surface area contributed by atoms with Gasteiger partial charge in [-0.05, 0) is 37.8 Å². The Morgan fingerprint density at radius 2 is 2.12 bits per heavy atom. The molecule has 2 fully saturated rings. The quantitative estimate of drug-likeness (QED) is 0.618. The maximum atomic E-state index is 13.4. The van der Waals surface area contributed by atoms with E-state index in [1.807, 2.05) is 0 Å². The molecule has 0 unspecified atom stereocenters. The molecule has 6 heteroatoms.